The number of rotatable bonds is 9. The molecule has 0 saturated carbocycles. The first kappa shape index (κ1) is 13.0. The highest BCUT2D eigenvalue weighted by atomic mass is 14.6. The normalized spacial score (nSPS) is 13.2. The molecule has 0 rings (SSSR count). The van der Waals surface area contributed by atoms with Crippen LogP contribution in [0, 0.1) is 0 Å². The van der Waals surface area contributed by atoms with Crippen LogP contribution in [0.15, 0.2) is 0 Å². The Morgan fingerprint density at radius 2 is 1.31 bits per heavy atom. The lowest BCUT2D eigenvalue weighted by Gasteiger charge is -2.09. The minimum absolute atomic E-state index is 0.474. The Labute approximate surface area is 84.1 Å². The minimum Gasteiger partial charge on any atom is -0.328 e. The largest absolute Gasteiger partial charge is 0.328 e. The summed E-state index contributed by atoms with van der Waals surface area (Å²) in [5.41, 5.74) is 5.97. The maximum absolute atomic E-state index is 5.97. The highest BCUT2D eigenvalue weighted by Crippen LogP contribution is 2.09. The van der Waals surface area contributed by atoms with E-state index in [0.717, 1.165) is 0 Å². The van der Waals surface area contributed by atoms with E-state index < -0.39 is 0 Å². The number of nitrogens with two attached hydrogens (primary N) is 1. The molecule has 0 bridgehead atoms. The van der Waals surface area contributed by atoms with E-state index in [1.807, 2.05) is 0 Å². The zero-order valence-electron chi connectivity index (χ0n) is 9.52. The Morgan fingerprint density at radius 3 is 1.92 bits per heavy atom. The summed E-state index contributed by atoms with van der Waals surface area (Å²) in [7, 11) is 0. The maximum atomic E-state index is 5.97. The molecule has 0 spiro atoms. The van der Waals surface area contributed by atoms with E-state index >= 15 is 0 Å². The zero-order valence-corrected chi connectivity index (χ0v) is 9.52. The van der Waals surface area contributed by atoms with E-state index in [4.69, 9.17) is 5.73 Å². The molecule has 0 aromatic heterocycles. The van der Waals surface area contributed by atoms with Gasteiger partial charge in [0, 0.05) is 6.04 Å². The molecule has 0 aliphatic carbocycles. The molecule has 0 radical (unpaired) electrons. The molecule has 1 unspecified atom stereocenters. The van der Waals surface area contributed by atoms with Crippen LogP contribution in [0.1, 0.15) is 71.6 Å². The van der Waals surface area contributed by atoms with Crippen molar-refractivity contribution in [3.63, 3.8) is 0 Å². The summed E-state index contributed by atoms with van der Waals surface area (Å²) in [6.07, 6.45) is 11.9. The average molecular weight is 185 g/mol. The summed E-state index contributed by atoms with van der Waals surface area (Å²) in [4.78, 5) is 0. The third-order valence-electron chi connectivity index (χ3n) is 2.61. The summed E-state index contributed by atoms with van der Waals surface area (Å²) in [6.45, 7) is 4.49. The van der Waals surface area contributed by atoms with E-state index in [0.29, 0.717) is 6.04 Å². The van der Waals surface area contributed by atoms with Crippen LogP contribution < -0.4 is 5.73 Å². The second kappa shape index (κ2) is 10.0. The Balaban J connectivity index is 3.03. The minimum atomic E-state index is 0.474. The molecule has 2 N–H and O–H groups in total. The van der Waals surface area contributed by atoms with Gasteiger partial charge in [0.1, 0.15) is 0 Å². The van der Waals surface area contributed by atoms with E-state index in [1.165, 1.54) is 57.8 Å². The predicted molar refractivity (Wildman–Crippen MR) is 60.9 cm³/mol. The molecule has 1 heteroatoms. The maximum Gasteiger partial charge on any atom is 0.00388 e. The van der Waals surface area contributed by atoms with Gasteiger partial charge in [-0.1, -0.05) is 58.8 Å². The van der Waals surface area contributed by atoms with E-state index in [-0.39, 0.29) is 0 Å². The third-order valence-corrected chi connectivity index (χ3v) is 2.61. The van der Waals surface area contributed by atoms with Crippen molar-refractivity contribution in [2.24, 2.45) is 5.73 Å². The Kier molecular flexibility index (Phi) is 10.0. The van der Waals surface area contributed by atoms with Crippen molar-refractivity contribution in [1.82, 2.24) is 0 Å². The van der Waals surface area contributed by atoms with Crippen molar-refractivity contribution < 1.29 is 0 Å². The highest BCUT2D eigenvalue weighted by molar-refractivity contribution is 4.60. The van der Waals surface area contributed by atoms with Gasteiger partial charge in [-0.25, -0.2) is 0 Å². The molecule has 0 fully saturated rings. The van der Waals surface area contributed by atoms with Crippen LogP contribution in [0.4, 0.5) is 0 Å². The second-order valence-electron chi connectivity index (χ2n) is 4.11. The van der Waals surface area contributed by atoms with Crippen LogP contribution in [0.2, 0.25) is 0 Å². The van der Waals surface area contributed by atoms with Gasteiger partial charge < -0.3 is 5.73 Å². The van der Waals surface area contributed by atoms with Crippen LogP contribution in [0.25, 0.3) is 0 Å². The van der Waals surface area contributed by atoms with Gasteiger partial charge in [-0.3, -0.25) is 0 Å². The molecule has 13 heavy (non-hydrogen) atoms. The van der Waals surface area contributed by atoms with Gasteiger partial charge in [0.15, 0.2) is 0 Å². The Morgan fingerprint density at radius 1 is 0.769 bits per heavy atom. The molecular formula is C12H27N. The predicted octanol–water partition coefficient (Wildman–Crippen LogP) is 3.86. The van der Waals surface area contributed by atoms with Gasteiger partial charge in [-0.05, 0) is 12.8 Å². The van der Waals surface area contributed by atoms with Gasteiger partial charge in [0.2, 0.25) is 0 Å². The molecule has 1 atom stereocenters. The third kappa shape index (κ3) is 9.88. The van der Waals surface area contributed by atoms with E-state index in [2.05, 4.69) is 13.8 Å². The van der Waals surface area contributed by atoms with Crippen LogP contribution in [0.3, 0.4) is 0 Å². The van der Waals surface area contributed by atoms with Crippen LogP contribution in [0.5, 0.6) is 0 Å². The lowest BCUT2D eigenvalue weighted by Crippen LogP contribution is -2.19. The summed E-state index contributed by atoms with van der Waals surface area (Å²) < 4.78 is 0. The van der Waals surface area contributed by atoms with Gasteiger partial charge in [0.25, 0.3) is 0 Å². The lowest BCUT2D eigenvalue weighted by molar-refractivity contribution is 0.501. The monoisotopic (exact) mass is 185 g/mol. The molecule has 80 valence electrons. The molecule has 0 aromatic carbocycles. The molecular weight excluding hydrogens is 158 g/mol. The fraction of sp³-hybridized carbons (Fsp3) is 1.00. The van der Waals surface area contributed by atoms with Gasteiger partial charge in [0.05, 0.1) is 0 Å². The standard InChI is InChI=1S/C12H27N/c1-3-5-7-8-9-11-12(13)10-6-4-2/h12H,3-11,13H2,1-2H3. The molecule has 1 nitrogen and oxygen atoms in total. The lowest BCUT2D eigenvalue weighted by atomic mass is 10.0. The smallest absolute Gasteiger partial charge is 0.00388 e. The zero-order chi connectivity index (χ0) is 9.94. The molecule has 0 heterocycles. The quantitative estimate of drug-likeness (QED) is 0.542. The first-order valence-corrected chi connectivity index (χ1v) is 6.06. The molecule has 0 aliphatic rings. The summed E-state index contributed by atoms with van der Waals surface area (Å²) >= 11 is 0. The first-order chi connectivity index (χ1) is 6.31. The van der Waals surface area contributed by atoms with Gasteiger partial charge in [-0.2, -0.15) is 0 Å². The summed E-state index contributed by atoms with van der Waals surface area (Å²) in [6, 6.07) is 0.474. The molecule has 0 amide bonds. The number of unbranched alkanes of at least 4 members (excludes halogenated alkanes) is 5. The molecule has 0 aromatic rings. The van der Waals surface area contributed by atoms with Crippen molar-refractivity contribution in [1.29, 1.82) is 0 Å². The SMILES string of the molecule is CCCCCCCC(N)CCCC. The van der Waals surface area contributed by atoms with Crippen molar-refractivity contribution in [2.45, 2.75) is 77.7 Å². The topological polar surface area (TPSA) is 26.0 Å². The van der Waals surface area contributed by atoms with Crippen LogP contribution >= 0.6 is 0 Å². The molecule has 0 aliphatic heterocycles. The van der Waals surface area contributed by atoms with Crippen LogP contribution in [-0.2, 0) is 0 Å². The number of hydrogen-bond donors (Lipinski definition) is 1. The van der Waals surface area contributed by atoms with Crippen molar-refractivity contribution in [3.05, 3.63) is 0 Å². The highest BCUT2D eigenvalue weighted by Gasteiger charge is 2.00. The van der Waals surface area contributed by atoms with E-state index in [9.17, 15) is 0 Å². The molecule has 0 saturated heterocycles. The van der Waals surface area contributed by atoms with E-state index in [1.54, 1.807) is 0 Å². The van der Waals surface area contributed by atoms with Crippen LogP contribution in [-0.4, -0.2) is 6.04 Å². The fourth-order valence-electron chi connectivity index (χ4n) is 1.62. The fourth-order valence-corrected chi connectivity index (χ4v) is 1.62. The first-order valence-electron chi connectivity index (χ1n) is 6.06. The van der Waals surface area contributed by atoms with Crippen molar-refractivity contribution in [2.75, 3.05) is 0 Å². The van der Waals surface area contributed by atoms with Crippen molar-refractivity contribution in [3.8, 4) is 0 Å². The van der Waals surface area contributed by atoms with Gasteiger partial charge in [-0.15, -0.1) is 0 Å². The summed E-state index contributed by atoms with van der Waals surface area (Å²) in [5.74, 6) is 0. The van der Waals surface area contributed by atoms with Crippen molar-refractivity contribution >= 4 is 0 Å². The Bertz CT molecular complexity index is 91.1. The number of hydrogen-bond acceptors (Lipinski definition) is 1. The summed E-state index contributed by atoms with van der Waals surface area (Å²) in [5, 5.41) is 0. The average Bonchev–Trinajstić information content (AvgIpc) is 2.14. The van der Waals surface area contributed by atoms with Gasteiger partial charge >= 0.3 is 0 Å². The Hall–Kier alpha value is -0.0400. The second-order valence-corrected chi connectivity index (χ2v) is 4.11.